The molecule has 0 saturated carbocycles. The molecule has 0 amide bonds. The number of esters is 3. The number of carbonyl (C=O) groups excluding carboxylic acids is 3. The average molecular weight is 1170 g/mol. The minimum Gasteiger partial charge on any atom is -0.462 e. The van der Waals surface area contributed by atoms with Gasteiger partial charge in [0.15, 0.2) is 6.10 Å². The van der Waals surface area contributed by atoms with Crippen LogP contribution in [0.1, 0.15) is 432 Å². The molecular formula is C77H146O6. The summed E-state index contributed by atoms with van der Waals surface area (Å²) in [5.41, 5.74) is 0. The van der Waals surface area contributed by atoms with E-state index >= 15 is 0 Å². The summed E-state index contributed by atoms with van der Waals surface area (Å²) in [6, 6.07) is 0. The number of hydrogen-bond acceptors (Lipinski definition) is 6. The van der Waals surface area contributed by atoms with Crippen LogP contribution in [0.2, 0.25) is 0 Å². The van der Waals surface area contributed by atoms with Crippen molar-refractivity contribution in [3.05, 3.63) is 24.3 Å². The fraction of sp³-hybridized carbons (Fsp3) is 0.909. The first kappa shape index (κ1) is 80.9. The van der Waals surface area contributed by atoms with Gasteiger partial charge in [0, 0.05) is 19.3 Å². The van der Waals surface area contributed by atoms with Gasteiger partial charge in [-0.25, -0.2) is 0 Å². The first-order valence-electron chi connectivity index (χ1n) is 37.8. The monoisotopic (exact) mass is 1170 g/mol. The fourth-order valence-electron chi connectivity index (χ4n) is 11.8. The highest BCUT2D eigenvalue weighted by molar-refractivity contribution is 5.71. The maximum absolute atomic E-state index is 13.0. The van der Waals surface area contributed by atoms with E-state index < -0.39 is 6.10 Å². The zero-order valence-corrected chi connectivity index (χ0v) is 56.5. The van der Waals surface area contributed by atoms with Crippen molar-refractivity contribution in [2.24, 2.45) is 0 Å². The first-order chi connectivity index (χ1) is 41.0. The van der Waals surface area contributed by atoms with E-state index in [0.29, 0.717) is 19.3 Å². The summed E-state index contributed by atoms with van der Waals surface area (Å²) in [6.45, 7) is 6.73. The molecule has 0 aromatic rings. The SMILES string of the molecule is CCCCCCC/C=C\C/C=C\CCCCCCCCCCCCCC(=O)OC(COC(=O)CCCCCCCCCCCCCCCCCCCC)COC(=O)CCCCCCCCCCCCCCCCCCCCCCCCCC. The van der Waals surface area contributed by atoms with Gasteiger partial charge in [0.1, 0.15) is 13.2 Å². The van der Waals surface area contributed by atoms with Crippen molar-refractivity contribution < 1.29 is 28.6 Å². The Labute approximate surface area is 519 Å². The molecule has 0 aliphatic rings. The summed E-state index contributed by atoms with van der Waals surface area (Å²) in [6.07, 6.45) is 89.3. The molecule has 0 spiro atoms. The molecule has 0 aromatic carbocycles. The van der Waals surface area contributed by atoms with Gasteiger partial charge in [0.25, 0.3) is 0 Å². The normalized spacial score (nSPS) is 12.1. The largest absolute Gasteiger partial charge is 0.462 e. The second-order valence-corrected chi connectivity index (χ2v) is 25.9. The molecule has 0 saturated heterocycles. The lowest BCUT2D eigenvalue weighted by molar-refractivity contribution is -0.167. The number of allylic oxidation sites excluding steroid dienone is 4. The topological polar surface area (TPSA) is 78.9 Å². The maximum atomic E-state index is 13.0. The number of carbonyl (C=O) groups is 3. The van der Waals surface area contributed by atoms with Crippen LogP contribution in [0.3, 0.4) is 0 Å². The smallest absolute Gasteiger partial charge is 0.306 e. The van der Waals surface area contributed by atoms with Gasteiger partial charge in [-0.05, 0) is 51.4 Å². The molecule has 0 fully saturated rings. The lowest BCUT2D eigenvalue weighted by Crippen LogP contribution is -2.30. The van der Waals surface area contributed by atoms with Gasteiger partial charge < -0.3 is 14.2 Å². The van der Waals surface area contributed by atoms with Crippen LogP contribution in [-0.4, -0.2) is 37.2 Å². The van der Waals surface area contributed by atoms with Crippen molar-refractivity contribution in [3.8, 4) is 0 Å². The minimum atomic E-state index is -0.770. The van der Waals surface area contributed by atoms with Crippen molar-refractivity contribution >= 4 is 17.9 Å². The molecule has 0 bridgehead atoms. The van der Waals surface area contributed by atoms with Gasteiger partial charge in [-0.1, -0.05) is 385 Å². The van der Waals surface area contributed by atoms with Crippen LogP contribution in [0.15, 0.2) is 24.3 Å². The molecule has 0 heterocycles. The predicted octanol–water partition coefficient (Wildman–Crippen LogP) is 26.1. The van der Waals surface area contributed by atoms with Crippen molar-refractivity contribution in [3.63, 3.8) is 0 Å². The third kappa shape index (κ3) is 70.5. The van der Waals surface area contributed by atoms with Gasteiger partial charge in [0.05, 0.1) is 0 Å². The summed E-state index contributed by atoms with van der Waals surface area (Å²) >= 11 is 0. The molecule has 0 N–H and O–H groups in total. The van der Waals surface area contributed by atoms with Crippen LogP contribution in [-0.2, 0) is 28.6 Å². The van der Waals surface area contributed by atoms with Gasteiger partial charge in [0.2, 0.25) is 0 Å². The highest BCUT2D eigenvalue weighted by Gasteiger charge is 2.20. The molecule has 6 heteroatoms. The van der Waals surface area contributed by atoms with Crippen LogP contribution >= 0.6 is 0 Å². The van der Waals surface area contributed by atoms with E-state index in [-0.39, 0.29) is 31.1 Å². The Morgan fingerprint density at radius 2 is 0.434 bits per heavy atom. The highest BCUT2D eigenvalue weighted by Crippen LogP contribution is 2.19. The lowest BCUT2D eigenvalue weighted by Gasteiger charge is -2.18. The van der Waals surface area contributed by atoms with Crippen molar-refractivity contribution in [2.75, 3.05) is 13.2 Å². The quantitative estimate of drug-likeness (QED) is 0.0261. The Kier molecular flexibility index (Phi) is 70.5. The van der Waals surface area contributed by atoms with E-state index in [0.717, 1.165) is 64.2 Å². The molecule has 0 rings (SSSR count). The Morgan fingerprint density at radius 3 is 0.663 bits per heavy atom. The summed E-state index contributed by atoms with van der Waals surface area (Å²) in [4.78, 5) is 38.6. The van der Waals surface area contributed by atoms with E-state index in [1.54, 1.807) is 0 Å². The lowest BCUT2D eigenvalue weighted by atomic mass is 10.0. The van der Waals surface area contributed by atoms with Gasteiger partial charge >= 0.3 is 17.9 Å². The fourth-order valence-corrected chi connectivity index (χ4v) is 11.8. The minimum absolute atomic E-state index is 0.0648. The van der Waals surface area contributed by atoms with Crippen molar-refractivity contribution in [1.82, 2.24) is 0 Å². The Hall–Kier alpha value is -2.11. The molecule has 0 aliphatic heterocycles. The molecule has 0 radical (unpaired) electrons. The third-order valence-corrected chi connectivity index (χ3v) is 17.5. The first-order valence-corrected chi connectivity index (χ1v) is 37.8. The van der Waals surface area contributed by atoms with Crippen LogP contribution in [0.25, 0.3) is 0 Å². The van der Waals surface area contributed by atoms with E-state index in [4.69, 9.17) is 14.2 Å². The molecule has 490 valence electrons. The maximum Gasteiger partial charge on any atom is 0.306 e. The number of rotatable bonds is 71. The Bertz CT molecular complexity index is 1340. The van der Waals surface area contributed by atoms with E-state index in [2.05, 4.69) is 45.1 Å². The molecular weight excluding hydrogens is 1020 g/mol. The van der Waals surface area contributed by atoms with Gasteiger partial charge in [-0.15, -0.1) is 0 Å². The third-order valence-electron chi connectivity index (χ3n) is 17.5. The Balaban J connectivity index is 4.28. The standard InChI is InChI=1S/C77H146O6/c1-4-7-10-13-16-19-22-25-28-31-34-36-38-40-41-43-46-49-52-55-58-61-64-67-70-76(79)82-73-74(72-81-75(78)69-66-63-60-57-54-51-48-45-33-30-27-24-21-18-15-12-9-6-3)83-77(80)71-68-65-62-59-56-53-50-47-44-42-39-37-35-32-29-26-23-20-17-14-11-8-5-2/h23,26,32,35,74H,4-22,24-25,27-31,33-34,36-73H2,1-3H3/b26-23-,35-32-. The summed E-state index contributed by atoms with van der Waals surface area (Å²) in [5, 5.41) is 0. The van der Waals surface area contributed by atoms with Crippen LogP contribution < -0.4 is 0 Å². The summed E-state index contributed by atoms with van der Waals surface area (Å²) in [5.74, 6) is -0.828. The van der Waals surface area contributed by atoms with Crippen LogP contribution in [0, 0.1) is 0 Å². The van der Waals surface area contributed by atoms with Crippen LogP contribution in [0.4, 0.5) is 0 Å². The molecule has 0 aromatic heterocycles. The molecule has 1 atom stereocenters. The van der Waals surface area contributed by atoms with Crippen LogP contribution in [0.5, 0.6) is 0 Å². The van der Waals surface area contributed by atoms with Crippen molar-refractivity contribution in [1.29, 1.82) is 0 Å². The van der Waals surface area contributed by atoms with E-state index in [1.807, 2.05) is 0 Å². The Morgan fingerprint density at radius 1 is 0.241 bits per heavy atom. The molecule has 83 heavy (non-hydrogen) atoms. The average Bonchev–Trinajstić information content (AvgIpc) is 3.49. The molecule has 6 nitrogen and oxygen atoms in total. The zero-order chi connectivity index (χ0) is 59.9. The van der Waals surface area contributed by atoms with E-state index in [9.17, 15) is 14.4 Å². The predicted molar refractivity (Wildman–Crippen MR) is 363 cm³/mol. The highest BCUT2D eigenvalue weighted by atomic mass is 16.6. The summed E-state index contributed by atoms with van der Waals surface area (Å²) in [7, 11) is 0. The second kappa shape index (κ2) is 72.4. The number of unbranched alkanes of at least 4 members (excludes halogenated alkanes) is 56. The van der Waals surface area contributed by atoms with Gasteiger partial charge in [-0.2, -0.15) is 0 Å². The van der Waals surface area contributed by atoms with E-state index in [1.165, 1.54) is 327 Å². The van der Waals surface area contributed by atoms with Gasteiger partial charge in [-0.3, -0.25) is 14.4 Å². The molecule has 0 aliphatic carbocycles. The van der Waals surface area contributed by atoms with Crippen molar-refractivity contribution in [2.45, 2.75) is 438 Å². The zero-order valence-electron chi connectivity index (χ0n) is 56.5. The molecule has 1 unspecified atom stereocenters. The second-order valence-electron chi connectivity index (χ2n) is 25.9. The number of hydrogen-bond donors (Lipinski definition) is 0. The summed E-state index contributed by atoms with van der Waals surface area (Å²) < 4.78 is 17.1. The number of ether oxygens (including phenoxy) is 3.